The van der Waals surface area contributed by atoms with Gasteiger partial charge in [-0.05, 0) is 44.7 Å². The molecule has 21 heavy (non-hydrogen) atoms. The van der Waals surface area contributed by atoms with Crippen molar-refractivity contribution in [3.8, 4) is 0 Å². The minimum absolute atomic E-state index is 0.0255. The van der Waals surface area contributed by atoms with E-state index in [1.165, 1.54) is 25.1 Å². The van der Waals surface area contributed by atoms with Gasteiger partial charge in [0.1, 0.15) is 11.6 Å². The molecule has 1 saturated heterocycles. The maximum atomic E-state index is 13.8. The summed E-state index contributed by atoms with van der Waals surface area (Å²) in [6, 6.07) is 3.64. The number of halogens is 2. The van der Waals surface area contributed by atoms with Gasteiger partial charge >= 0.3 is 0 Å². The first kappa shape index (κ1) is 15.9. The first-order chi connectivity index (χ1) is 9.95. The van der Waals surface area contributed by atoms with E-state index in [1.807, 2.05) is 6.92 Å². The summed E-state index contributed by atoms with van der Waals surface area (Å²) < 4.78 is 27.6. The molecule has 0 spiro atoms. The highest BCUT2D eigenvalue weighted by molar-refractivity contribution is 5.83. The lowest BCUT2D eigenvalue weighted by atomic mass is 9.91. The average Bonchev–Trinajstić information content (AvgIpc) is 2.46. The smallest absolute Gasteiger partial charge is 0.230 e. The predicted molar refractivity (Wildman–Crippen MR) is 75.8 cm³/mol. The fourth-order valence-corrected chi connectivity index (χ4v) is 2.93. The Balaban J connectivity index is 2.22. The van der Waals surface area contributed by atoms with E-state index >= 15 is 0 Å². The normalized spacial score (nSPS) is 24.0. The van der Waals surface area contributed by atoms with Gasteiger partial charge in [-0.2, -0.15) is 0 Å². The summed E-state index contributed by atoms with van der Waals surface area (Å²) in [5.74, 6) is -2.50. The second-order valence-corrected chi connectivity index (χ2v) is 5.82. The Hall–Kier alpha value is -1.49. The molecule has 0 aliphatic carbocycles. The molecule has 1 aliphatic heterocycles. The highest BCUT2D eigenvalue weighted by atomic mass is 19.1. The molecule has 0 aromatic heterocycles. The molecule has 3 nitrogen and oxygen atoms in total. The molecule has 1 amide bonds. The van der Waals surface area contributed by atoms with Gasteiger partial charge in [-0.1, -0.05) is 6.07 Å². The number of aliphatic hydroxyl groups excluding tert-OH is 1. The summed E-state index contributed by atoms with van der Waals surface area (Å²) >= 11 is 0. The van der Waals surface area contributed by atoms with Crippen LogP contribution in [-0.2, 0) is 4.79 Å². The number of aliphatic hydroxyl groups is 1. The number of carbonyl (C=O) groups excluding carboxylic acids is 1. The van der Waals surface area contributed by atoms with E-state index in [4.69, 9.17) is 0 Å². The molecule has 0 bridgehead atoms. The van der Waals surface area contributed by atoms with Crippen LogP contribution >= 0.6 is 0 Å². The zero-order chi connectivity index (χ0) is 15.6. The molecule has 116 valence electrons. The number of carbonyl (C=O) groups is 1. The number of amides is 1. The van der Waals surface area contributed by atoms with Crippen molar-refractivity contribution in [1.82, 2.24) is 4.90 Å². The van der Waals surface area contributed by atoms with Crippen LogP contribution in [0.15, 0.2) is 18.2 Å². The van der Waals surface area contributed by atoms with Crippen LogP contribution in [0.2, 0.25) is 0 Å². The fourth-order valence-electron chi connectivity index (χ4n) is 2.93. The molecular formula is C16H21F2NO2. The summed E-state index contributed by atoms with van der Waals surface area (Å²) in [5, 5.41) is 9.26. The van der Waals surface area contributed by atoms with E-state index in [-0.39, 0.29) is 30.0 Å². The third-order valence-electron chi connectivity index (χ3n) is 4.32. The van der Waals surface area contributed by atoms with Gasteiger partial charge in [0, 0.05) is 24.8 Å². The minimum Gasteiger partial charge on any atom is -0.396 e. The van der Waals surface area contributed by atoms with Crippen molar-refractivity contribution in [3.05, 3.63) is 35.4 Å². The van der Waals surface area contributed by atoms with Gasteiger partial charge in [-0.3, -0.25) is 4.79 Å². The molecule has 1 aromatic carbocycles. The van der Waals surface area contributed by atoms with Crippen LogP contribution in [0.5, 0.6) is 0 Å². The van der Waals surface area contributed by atoms with Gasteiger partial charge in [0.25, 0.3) is 0 Å². The number of piperidine rings is 1. The third-order valence-corrected chi connectivity index (χ3v) is 4.32. The average molecular weight is 297 g/mol. The summed E-state index contributed by atoms with van der Waals surface area (Å²) in [5.41, 5.74) is -0.180. The van der Waals surface area contributed by atoms with Gasteiger partial charge < -0.3 is 10.0 Å². The van der Waals surface area contributed by atoms with Crippen molar-refractivity contribution in [2.24, 2.45) is 5.92 Å². The second-order valence-electron chi connectivity index (χ2n) is 5.82. The lowest BCUT2D eigenvalue weighted by molar-refractivity contribution is -0.137. The van der Waals surface area contributed by atoms with Crippen molar-refractivity contribution < 1.29 is 18.7 Å². The lowest BCUT2D eigenvalue weighted by Gasteiger charge is -2.39. The van der Waals surface area contributed by atoms with Gasteiger partial charge in [-0.15, -0.1) is 0 Å². The summed E-state index contributed by atoms with van der Waals surface area (Å²) in [7, 11) is 0. The zero-order valence-corrected chi connectivity index (χ0v) is 12.4. The molecular weight excluding hydrogens is 276 g/mol. The molecule has 1 aromatic rings. The molecule has 0 saturated carbocycles. The van der Waals surface area contributed by atoms with Gasteiger partial charge in [-0.25, -0.2) is 8.78 Å². The van der Waals surface area contributed by atoms with E-state index in [0.29, 0.717) is 6.54 Å². The number of nitrogens with zero attached hydrogens (tertiary/aromatic N) is 1. The van der Waals surface area contributed by atoms with Crippen molar-refractivity contribution in [2.75, 3.05) is 13.2 Å². The maximum absolute atomic E-state index is 13.8. The van der Waals surface area contributed by atoms with Crippen molar-refractivity contribution in [1.29, 1.82) is 0 Å². The van der Waals surface area contributed by atoms with Crippen LogP contribution in [0.1, 0.15) is 38.2 Å². The quantitative estimate of drug-likeness (QED) is 0.932. The molecule has 2 rings (SSSR count). The van der Waals surface area contributed by atoms with Crippen molar-refractivity contribution in [2.45, 2.75) is 38.6 Å². The third kappa shape index (κ3) is 3.23. The van der Waals surface area contributed by atoms with Crippen molar-refractivity contribution >= 4 is 5.91 Å². The van der Waals surface area contributed by atoms with E-state index < -0.39 is 17.6 Å². The zero-order valence-electron chi connectivity index (χ0n) is 12.4. The van der Waals surface area contributed by atoms with Crippen LogP contribution < -0.4 is 0 Å². The fraction of sp³-hybridized carbons (Fsp3) is 0.562. The minimum atomic E-state index is -0.869. The number of benzene rings is 1. The molecule has 1 N–H and O–H groups in total. The van der Waals surface area contributed by atoms with Crippen LogP contribution in [0.3, 0.4) is 0 Å². The summed E-state index contributed by atoms with van der Waals surface area (Å²) in [6.45, 7) is 3.92. The Morgan fingerprint density at radius 1 is 1.38 bits per heavy atom. The van der Waals surface area contributed by atoms with Gasteiger partial charge in [0.15, 0.2) is 0 Å². The standard InChI is InChI=1S/C16H21F2NO2/c1-10-6-7-12(9-20)8-19(10)16(21)11(2)15-13(17)4-3-5-14(15)18/h3-5,10-12,20H,6-9H2,1-2H3. The van der Waals surface area contributed by atoms with E-state index in [2.05, 4.69) is 0 Å². The maximum Gasteiger partial charge on any atom is 0.230 e. The van der Waals surface area contributed by atoms with Crippen LogP contribution in [0, 0.1) is 17.6 Å². The van der Waals surface area contributed by atoms with Crippen LogP contribution in [0.25, 0.3) is 0 Å². The first-order valence-corrected chi connectivity index (χ1v) is 7.31. The Labute approximate surface area is 123 Å². The first-order valence-electron chi connectivity index (χ1n) is 7.31. The molecule has 1 heterocycles. The predicted octanol–water partition coefficient (Wildman–Crippen LogP) is 2.69. The number of likely N-dealkylation sites (tertiary alicyclic amines) is 1. The van der Waals surface area contributed by atoms with Gasteiger partial charge in [0.2, 0.25) is 5.91 Å². The van der Waals surface area contributed by atoms with Crippen LogP contribution in [-0.4, -0.2) is 35.1 Å². The largest absolute Gasteiger partial charge is 0.396 e. The Morgan fingerprint density at radius 3 is 2.57 bits per heavy atom. The molecule has 1 fully saturated rings. The number of hydrogen-bond acceptors (Lipinski definition) is 2. The van der Waals surface area contributed by atoms with Crippen molar-refractivity contribution in [3.63, 3.8) is 0 Å². The molecule has 3 atom stereocenters. The number of hydrogen-bond donors (Lipinski definition) is 1. The summed E-state index contributed by atoms with van der Waals surface area (Å²) in [6.07, 6.45) is 1.66. The Morgan fingerprint density at radius 2 is 2.00 bits per heavy atom. The van der Waals surface area contributed by atoms with E-state index in [0.717, 1.165) is 12.8 Å². The highest BCUT2D eigenvalue weighted by Gasteiger charge is 2.33. The van der Waals surface area contributed by atoms with Crippen LogP contribution in [0.4, 0.5) is 8.78 Å². The lowest BCUT2D eigenvalue weighted by Crippen LogP contribution is -2.48. The van der Waals surface area contributed by atoms with E-state index in [1.54, 1.807) is 4.90 Å². The SMILES string of the molecule is CC(C(=O)N1CC(CO)CCC1C)c1c(F)cccc1F. The number of rotatable bonds is 3. The molecule has 1 aliphatic rings. The van der Waals surface area contributed by atoms with E-state index in [9.17, 15) is 18.7 Å². The monoisotopic (exact) mass is 297 g/mol. The highest BCUT2D eigenvalue weighted by Crippen LogP contribution is 2.28. The molecule has 3 unspecified atom stereocenters. The molecule has 0 radical (unpaired) electrons. The topological polar surface area (TPSA) is 40.5 Å². The Kier molecular flexibility index (Phi) is 4.93. The van der Waals surface area contributed by atoms with Gasteiger partial charge in [0.05, 0.1) is 5.92 Å². The summed E-state index contributed by atoms with van der Waals surface area (Å²) in [4.78, 5) is 14.2. The molecule has 5 heteroatoms. The Bertz CT molecular complexity index is 501. The second kappa shape index (κ2) is 6.52.